The van der Waals surface area contributed by atoms with Gasteiger partial charge >= 0.3 is 5.97 Å². The number of phenolic OH excluding ortho intramolecular Hbond substituents is 1. The van der Waals surface area contributed by atoms with Crippen LogP contribution in [-0.2, 0) is 11.2 Å². The molecule has 122 valence electrons. The Labute approximate surface area is 143 Å². The van der Waals surface area contributed by atoms with Crippen molar-refractivity contribution in [2.45, 2.75) is 12.8 Å². The van der Waals surface area contributed by atoms with E-state index < -0.39 is 5.97 Å². The second-order valence-electron chi connectivity index (χ2n) is 5.30. The number of benzene rings is 2. The molecule has 5 nitrogen and oxygen atoms in total. The molecule has 0 radical (unpaired) electrons. The number of aromatic nitrogens is 1. The van der Waals surface area contributed by atoms with Gasteiger partial charge in [0.05, 0.1) is 5.69 Å². The van der Waals surface area contributed by atoms with Crippen molar-refractivity contribution < 1.29 is 15.0 Å². The first-order chi connectivity index (χ1) is 11.6. The largest absolute Gasteiger partial charge is 0.508 e. The number of carboxylic acids is 1. The van der Waals surface area contributed by atoms with Crippen LogP contribution in [0, 0.1) is 0 Å². The lowest BCUT2D eigenvalue weighted by molar-refractivity contribution is -0.136. The number of aryl methyl sites for hydroxylation is 1. The molecule has 1 heterocycles. The number of nitrogens with one attached hydrogen (secondary N) is 1. The summed E-state index contributed by atoms with van der Waals surface area (Å²) in [7, 11) is 0. The zero-order valence-corrected chi connectivity index (χ0v) is 13.6. The third-order valence-corrected chi connectivity index (χ3v) is 4.26. The first kappa shape index (κ1) is 16.0. The minimum atomic E-state index is -0.790. The third kappa shape index (κ3) is 4.11. The number of hydrogen-bond donors (Lipinski definition) is 3. The Morgan fingerprint density at radius 2 is 1.79 bits per heavy atom. The maximum Gasteiger partial charge on any atom is 0.303 e. The van der Waals surface area contributed by atoms with Gasteiger partial charge < -0.3 is 15.5 Å². The lowest BCUT2D eigenvalue weighted by Crippen LogP contribution is -1.97. The van der Waals surface area contributed by atoms with Crippen LogP contribution < -0.4 is 5.32 Å². The number of carbonyl (C=O) groups is 1. The summed E-state index contributed by atoms with van der Waals surface area (Å²) in [5.74, 6) is -0.558. The number of hydrogen-bond acceptors (Lipinski definition) is 5. The van der Waals surface area contributed by atoms with Crippen molar-refractivity contribution in [3.63, 3.8) is 0 Å². The molecule has 3 rings (SSSR count). The minimum Gasteiger partial charge on any atom is -0.508 e. The number of thiazole rings is 1. The molecular formula is C18H16N2O3S. The molecule has 0 unspecified atom stereocenters. The van der Waals surface area contributed by atoms with Gasteiger partial charge in [-0.15, -0.1) is 11.3 Å². The normalized spacial score (nSPS) is 10.5. The Kier molecular flexibility index (Phi) is 4.77. The highest BCUT2D eigenvalue weighted by molar-refractivity contribution is 7.14. The molecule has 0 saturated carbocycles. The molecule has 0 amide bonds. The Morgan fingerprint density at radius 3 is 2.46 bits per heavy atom. The fraction of sp³-hybridized carbons (Fsp3) is 0.111. The van der Waals surface area contributed by atoms with E-state index in [1.807, 2.05) is 41.8 Å². The number of anilines is 2. The zero-order chi connectivity index (χ0) is 16.9. The van der Waals surface area contributed by atoms with Gasteiger partial charge in [-0.1, -0.05) is 12.1 Å². The molecule has 0 aliphatic carbocycles. The van der Waals surface area contributed by atoms with Crippen LogP contribution >= 0.6 is 11.3 Å². The van der Waals surface area contributed by atoms with Crippen LogP contribution in [0.2, 0.25) is 0 Å². The summed E-state index contributed by atoms with van der Waals surface area (Å²) in [5, 5.41) is 24.0. The highest BCUT2D eigenvalue weighted by Gasteiger charge is 2.05. The van der Waals surface area contributed by atoms with Crippen LogP contribution in [0.4, 0.5) is 10.8 Å². The summed E-state index contributed by atoms with van der Waals surface area (Å²) in [6.45, 7) is 0. The van der Waals surface area contributed by atoms with Gasteiger partial charge in [0.15, 0.2) is 5.13 Å². The van der Waals surface area contributed by atoms with E-state index in [0.717, 1.165) is 27.6 Å². The third-order valence-electron chi connectivity index (χ3n) is 3.50. The fourth-order valence-corrected chi connectivity index (χ4v) is 2.97. The molecule has 0 atom stereocenters. The van der Waals surface area contributed by atoms with Crippen molar-refractivity contribution in [1.29, 1.82) is 0 Å². The van der Waals surface area contributed by atoms with Gasteiger partial charge in [0.25, 0.3) is 0 Å². The monoisotopic (exact) mass is 340 g/mol. The first-order valence-corrected chi connectivity index (χ1v) is 8.31. The molecule has 3 aromatic rings. The summed E-state index contributed by atoms with van der Waals surface area (Å²) >= 11 is 1.50. The zero-order valence-electron chi connectivity index (χ0n) is 12.8. The second kappa shape index (κ2) is 7.14. The van der Waals surface area contributed by atoms with E-state index in [9.17, 15) is 9.90 Å². The smallest absolute Gasteiger partial charge is 0.303 e. The van der Waals surface area contributed by atoms with Crippen LogP contribution in [0.15, 0.2) is 53.9 Å². The predicted octanol–water partition coefficient (Wildman–Crippen LogP) is 4.28. The molecule has 3 N–H and O–H groups in total. The van der Waals surface area contributed by atoms with Gasteiger partial charge in [0, 0.05) is 23.1 Å². The van der Waals surface area contributed by atoms with Crippen LogP contribution in [0.1, 0.15) is 12.0 Å². The maximum atomic E-state index is 10.6. The summed E-state index contributed by atoms with van der Waals surface area (Å²) in [6.07, 6.45) is 0.660. The molecule has 2 aromatic carbocycles. The Balaban J connectivity index is 1.66. The molecule has 0 fully saturated rings. The average molecular weight is 340 g/mol. The SMILES string of the molecule is O=C(O)CCc1ccc(Nc2nc(-c3ccc(O)cc3)cs2)cc1. The predicted molar refractivity (Wildman–Crippen MR) is 94.9 cm³/mol. The molecular weight excluding hydrogens is 324 g/mol. The van der Waals surface area contributed by atoms with Crippen LogP contribution in [0.25, 0.3) is 11.3 Å². The Hall–Kier alpha value is -2.86. The van der Waals surface area contributed by atoms with Crippen LogP contribution in [-0.4, -0.2) is 21.2 Å². The molecule has 6 heteroatoms. The molecule has 0 aliphatic rings. The van der Waals surface area contributed by atoms with E-state index in [2.05, 4.69) is 10.3 Å². The van der Waals surface area contributed by atoms with E-state index in [1.54, 1.807) is 12.1 Å². The Bertz CT molecular complexity index is 826. The number of aromatic hydroxyl groups is 1. The van der Waals surface area contributed by atoms with E-state index in [4.69, 9.17) is 5.11 Å². The first-order valence-electron chi connectivity index (χ1n) is 7.43. The summed E-state index contributed by atoms with van der Waals surface area (Å²) < 4.78 is 0. The molecule has 0 aliphatic heterocycles. The fourth-order valence-electron chi connectivity index (χ4n) is 2.23. The van der Waals surface area contributed by atoms with E-state index in [1.165, 1.54) is 11.3 Å². The molecule has 0 bridgehead atoms. The molecule has 0 spiro atoms. The van der Waals surface area contributed by atoms with Gasteiger partial charge in [-0.05, 0) is 48.4 Å². The van der Waals surface area contributed by atoms with Crippen molar-refractivity contribution >= 4 is 28.1 Å². The number of aliphatic carboxylic acids is 1. The van der Waals surface area contributed by atoms with Crippen LogP contribution in [0.3, 0.4) is 0 Å². The highest BCUT2D eigenvalue weighted by atomic mass is 32.1. The van der Waals surface area contributed by atoms with Gasteiger partial charge in [-0.3, -0.25) is 4.79 Å². The van der Waals surface area contributed by atoms with Crippen molar-refractivity contribution in [3.05, 3.63) is 59.5 Å². The lowest BCUT2D eigenvalue weighted by Gasteiger charge is -2.04. The topological polar surface area (TPSA) is 82.5 Å². The van der Waals surface area contributed by atoms with Gasteiger partial charge in [0.2, 0.25) is 0 Å². The number of nitrogens with zero attached hydrogens (tertiary/aromatic N) is 1. The molecule has 1 aromatic heterocycles. The number of carboxylic acid groups (broad SMARTS) is 1. The van der Waals surface area contributed by atoms with Gasteiger partial charge in [-0.2, -0.15) is 0 Å². The second-order valence-corrected chi connectivity index (χ2v) is 6.16. The van der Waals surface area contributed by atoms with E-state index >= 15 is 0 Å². The molecule has 24 heavy (non-hydrogen) atoms. The molecule has 0 saturated heterocycles. The Morgan fingerprint density at radius 1 is 1.08 bits per heavy atom. The van der Waals surface area contributed by atoms with Crippen molar-refractivity contribution in [2.24, 2.45) is 0 Å². The van der Waals surface area contributed by atoms with Crippen molar-refractivity contribution in [1.82, 2.24) is 4.98 Å². The maximum absolute atomic E-state index is 10.6. The minimum absolute atomic E-state index is 0.134. The van der Waals surface area contributed by atoms with Gasteiger partial charge in [0.1, 0.15) is 5.75 Å². The van der Waals surface area contributed by atoms with Gasteiger partial charge in [-0.25, -0.2) is 4.98 Å². The number of rotatable bonds is 6. The standard InChI is InChI=1S/C18H16N2O3S/c21-15-8-4-13(5-9-15)16-11-24-18(20-16)19-14-6-1-12(2-7-14)3-10-17(22)23/h1-2,4-9,11,21H,3,10H2,(H,19,20)(H,22,23). The van der Waals surface area contributed by atoms with Crippen LogP contribution in [0.5, 0.6) is 5.75 Å². The average Bonchev–Trinajstić information content (AvgIpc) is 3.03. The summed E-state index contributed by atoms with van der Waals surface area (Å²) in [5.41, 5.74) is 3.69. The summed E-state index contributed by atoms with van der Waals surface area (Å²) in [4.78, 5) is 15.1. The van der Waals surface area contributed by atoms with Crippen molar-refractivity contribution in [2.75, 3.05) is 5.32 Å². The lowest BCUT2D eigenvalue weighted by atomic mass is 10.1. The van der Waals surface area contributed by atoms with E-state index in [-0.39, 0.29) is 12.2 Å². The van der Waals surface area contributed by atoms with E-state index in [0.29, 0.717) is 6.42 Å². The number of phenols is 1. The highest BCUT2D eigenvalue weighted by Crippen LogP contribution is 2.28. The van der Waals surface area contributed by atoms with Crippen molar-refractivity contribution in [3.8, 4) is 17.0 Å². The quantitative estimate of drug-likeness (QED) is 0.624. The summed E-state index contributed by atoms with van der Waals surface area (Å²) in [6, 6.07) is 14.6.